The van der Waals surface area contributed by atoms with Gasteiger partial charge in [-0.1, -0.05) is 29.8 Å². The summed E-state index contributed by atoms with van der Waals surface area (Å²) in [6.07, 6.45) is 0. The molecular formula is C17H16ClN3O2S. The minimum Gasteiger partial charge on any atom is -0.342 e. The predicted molar refractivity (Wildman–Crippen MR) is 93.8 cm³/mol. The molecule has 1 aliphatic heterocycles. The Morgan fingerprint density at radius 3 is 2.71 bits per heavy atom. The Kier molecular flexibility index (Phi) is 3.63. The van der Waals surface area contributed by atoms with Gasteiger partial charge in [-0.15, -0.1) is 0 Å². The van der Waals surface area contributed by atoms with Gasteiger partial charge >= 0.3 is 0 Å². The smallest absolute Gasteiger partial charge is 0.243 e. The van der Waals surface area contributed by atoms with E-state index < -0.39 is 10.0 Å². The molecule has 1 fully saturated rings. The Morgan fingerprint density at radius 1 is 1.21 bits per heavy atom. The molecule has 0 aliphatic carbocycles. The van der Waals surface area contributed by atoms with Crippen molar-refractivity contribution >= 4 is 32.7 Å². The van der Waals surface area contributed by atoms with Crippen LogP contribution in [-0.2, 0) is 10.0 Å². The number of H-pyrrole nitrogens is 1. The van der Waals surface area contributed by atoms with Crippen LogP contribution in [0.15, 0.2) is 47.4 Å². The van der Waals surface area contributed by atoms with Crippen LogP contribution in [0.1, 0.15) is 17.3 Å². The van der Waals surface area contributed by atoms with Crippen LogP contribution >= 0.6 is 11.6 Å². The van der Waals surface area contributed by atoms with Crippen molar-refractivity contribution in [2.75, 3.05) is 13.1 Å². The fourth-order valence-electron chi connectivity index (χ4n) is 2.96. The van der Waals surface area contributed by atoms with Crippen molar-refractivity contribution in [1.82, 2.24) is 14.3 Å². The Bertz CT molecular complexity index is 990. The molecule has 1 N–H and O–H groups in total. The van der Waals surface area contributed by atoms with E-state index in [0.29, 0.717) is 23.7 Å². The molecule has 124 valence electrons. The predicted octanol–water partition coefficient (Wildman–Crippen LogP) is 3.31. The second-order valence-corrected chi connectivity index (χ2v) is 8.41. The number of benzene rings is 2. The SMILES string of the molecule is Cc1ccc(Cl)cc1S(=O)(=O)N1CC(c2nc3ccccc3[nH]2)C1. The molecule has 0 unspecified atom stereocenters. The molecule has 0 saturated carbocycles. The first-order chi connectivity index (χ1) is 11.4. The molecule has 0 amide bonds. The highest BCUT2D eigenvalue weighted by atomic mass is 35.5. The van der Waals surface area contributed by atoms with E-state index in [1.165, 1.54) is 10.4 Å². The summed E-state index contributed by atoms with van der Waals surface area (Å²) in [4.78, 5) is 8.11. The molecule has 1 aromatic heterocycles. The molecule has 5 nitrogen and oxygen atoms in total. The normalized spacial score (nSPS) is 16.4. The standard InChI is InChI=1S/C17H16ClN3O2S/c1-11-6-7-13(18)8-16(11)24(22,23)21-9-12(10-21)17-19-14-4-2-3-5-15(14)20-17/h2-8,12H,9-10H2,1H3,(H,19,20). The zero-order valence-electron chi connectivity index (χ0n) is 13.0. The maximum absolute atomic E-state index is 12.8. The van der Waals surface area contributed by atoms with Gasteiger partial charge in [0.1, 0.15) is 5.82 Å². The van der Waals surface area contributed by atoms with E-state index >= 15 is 0 Å². The zero-order valence-corrected chi connectivity index (χ0v) is 14.6. The van der Waals surface area contributed by atoms with Gasteiger partial charge in [-0.2, -0.15) is 4.31 Å². The van der Waals surface area contributed by atoms with Crippen molar-refractivity contribution in [2.24, 2.45) is 0 Å². The van der Waals surface area contributed by atoms with E-state index in [2.05, 4.69) is 9.97 Å². The van der Waals surface area contributed by atoms with Crippen molar-refractivity contribution < 1.29 is 8.42 Å². The number of fused-ring (bicyclic) bond motifs is 1. The number of hydrogen-bond acceptors (Lipinski definition) is 3. The third-order valence-electron chi connectivity index (χ3n) is 4.41. The molecule has 0 spiro atoms. The summed E-state index contributed by atoms with van der Waals surface area (Å²) in [6.45, 7) is 2.63. The fourth-order valence-corrected chi connectivity index (χ4v) is 4.98. The number of imidazole rings is 1. The first kappa shape index (κ1) is 15.6. The average Bonchev–Trinajstić information content (AvgIpc) is 2.91. The highest BCUT2D eigenvalue weighted by Gasteiger charge is 2.39. The largest absolute Gasteiger partial charge is 0.342 e. The number of sulfonamides is 1. The highest BCUT2D eigenvalue weighted by molar-refractivity contribution is 7.89. The summed E-state index contributed by atoms with van der Waals surface area (Å²) in [5, 5.41) is 0.425. The van der Waals surface area contributed by atoms with Crippen molar-refractivity contribution in [3.8, 4) is 0 Å². The number of aryl methyl sites for hydroxylation is 1. The Hall–Kier alpha value is -1.89. The van der Waals surface area contributed by atoms with Crippen molar-refractivity contribution in [3.05, 3.63) is 58.9 Å². The quantitative estimate of drug-likeness (QED) is 0.778. The van der Waals surface area contributed by atoms with Crippen LogP contribution in [0, 0.1) is 6.92 Å². The van der Waals surface area contributed by atoms with Crippen LogP contribution in [0.2, 0.25) is 5.02 Å². The Balaban J connectivity index is 1.57. The summed E-state index contributed by atoms with van der Waals surface area (Å²) in [5.74, 6) is 0.928. The summed E-state index contributed by atoms with van der Waals surface area (Å²) < 4.78 is 27.0. The number of para-hydroxylation sites is 2. The lowest BCUT2D eigenvalue weighted by atomic mass is 10.0. The van der Waals surface area contributed by atoms with E-state index in [0.717, 1.165) is 16.9 Å². The highest BCUT2D eigenvalue weighted by Crippen LogP contribution is 2.33. The van der Waals surface area contributed by atoms with E-state index in [4.69, 9.17) is 11.6 Å². The molecule has 1 saturated heterocycles. The van der Waals surface area contributed by atoms with Crippen LogP contribution in [0.25, 0.3) is 11.0 Å². The first-order valence-electron chi connectivity index (χ1n) is 7.66. The first-order valence-corrected chi connectivity index (χ1v) is 9.48. The molecule has 3 aromatic rings. The van der Waals surface area contributed by atoms with Crippen LogP contribution in [0.3, 0.4) is 0 Å². The van der Waals surface area contributed by atoms with Crippen LogP contribution in [0.5, 0.6) is 0 Å². The number of hydrogen-bond donors (Lipinski definition) is 1. The van der Waals surface area contributed by atoms with Crippen molar-refractivity contribution in [1.29, 1.82) is 0 Å². The lowest BCUT2D eigenvalue weighted by Crippen LogP contribution is -2.48. The molecule has 0 atom stereocenters. The molecular weight excluding hydrogens is 346 g/mol. The lowest BCUT2D eigenvalue weighted by Gasteiger charge is -2.37. The summed E-state index contributed by atoms with van der Waals surface area (Å²) >= 11 is 5.96. The maximum atomic E-state index is 12.8. The molecule has 1 aliphatic rings. The van der Waals surface area contributed by atoms with E-state index in [9.17, 15) is 8.42 Å². The number of nitrogens with one attached hydrogen (secondary N) is 1. The number of aromatic amines is 1. The van der Waals surface area contributed by atoms with E-state index in [1.54, 1.807) is 19.1 Å². The Morgan fingerprint density at radius 2 is 1.96 bits per heavy atom. The molecule has 0 bridgehead atoms. The van der Waals surface area contributed by atoms with E-state index in [1.807, 2.05) is 24.3 Å². The van der Waals surface area contributed by atoms with Crippen molar-refractivity contribution in [3.63, 3.8) is 0 Å². The number of halogens is 1. The maximum Gasteiger partial charge on any atom is 0.243 e. The monoisotopic (exact) mass is 361 g/mol. The summed E-state index contributed by atoms with van der Waals surface area (Å²) in [6, 6.07) is 12.7. The van der Waals surface area contributed by atoms with E-state index in [-0.39, 0.29) is 10.8 Å². The fraction of sp³-hybridized carbons (Fsp3) is 0.235. The van der Waals surface area contributed by atoms with Gasteiger partial charge in [-0.05, 0) is 36.8 Å². The van der Waals surface area contributed by atoms with Gasteiger partial charge in [0.05, 0.1) is 15.9 Å². The lowest BCUT2D eigenvalue weighted by molar-refractivity contribution is 0.257. The van der Waals surface area contributed by atoms with Gasteiger partial charge in [0.15, 0.2) is 0 Å². The second kappa shape index (κ2) is 5.58. The minimum atomic E-state index is -3.52. The Labute approximate surface area is 145 Å². The minimum absolute atomic E-state index is 0.0895. The van der Waals surface area contributed by atoms with Crippen LogP contribution in [0.4, 0.5) is 0 Å². The molecule has 0 radical (unpaired) electrons. The van der Waals surface area contributed by atoms with Gasteiger partial charge in [0.2, 0.25) is 10.0 Å². The number of rotatable bonds is 3. The third-order valence-corrected chi connectivity index (χ3v) is 6.62. The van der Waals surface area contributed by atoms with Gasteiger partial charge in [0.25, 0.3) is 0 Å². The molecule has 4 rings (SSSR count). The van der Waals surface area contributed by atoms with Crippen molar-refractivity contribution in [2.45, 2.75) is 17.7 Å². The molecule has 2 aromatic carbocycles. The van der Waals surface area contributed by atoms with Gasteiger partial charge in [0, 0.05) is 24.0 Å². The second-order valence-electron chi connectivity index (χ2n) is 6.07. The average molecular weight is 362 g/mol. The summed E-state index contributed by atoms with van der Waals surface area (Å²) in [7, 11) is -3.52. The molecule has 24 heavy (non-hydrogen) atoms. The molecule has 2 heterocycles. The van der Waals surface area contributed by atoms with Gasteiger partial charge in [-0.3, -0.25) is 0 Å². The zero-order chi connectivity index (χ0) is 16.9. The van der Waals surface area contributed by atoms with Crippen LogP contribution in [-0.4, -0.2) is 35.8 Å². The number of aromatic nitrogens is 2. The molecule has 7 heteroatoms. The van der Waals surface area contributed by atoms with Gasteiger partial charge < -0.3 is 4.98 Å². The third kappa shape index (κ3) is 2.51. The van der Waals surface area contributed by atoms with Gasteiger partial charge in [-0.25, -0.2) is 13.4 Å². The number of nitrogens with zero attached hydrogens (tertiary/aromatic N) is 2. The summed E-state index contributed by atoms with van der Waals surface area (Å²) in [5.41, 5.74) is 2.57. The van der Waals surface area contributed by atoms with Crippen LogP contribution < -0.4 is 0 Å². The topological polar surface area (TPSA) is 66.1 Å².